The number of hydrogen-bond acceptors (Lipinski definition) is 4. The van der Waals surface area contributed by atoms with E-state index < -0.39 is 11.9 Å². The Kier molecular flexibility index (Phi) is 6.01. The summed E-state index contributed by atoms with van der Waals surface area (Å²) in [6.07, 6.45) is 10.9. The van der Waals surface area contributed by atoms with Crippen LogP contribution in [-0.2, 0) is 22.6 Å². The van der Waals surface area contributed by atoms with Crippen molar-refractivity contribution in [3.8, 4) is 0 Å². The number of imide groups is 1. The van der Waals surface area contributed by atoms with Crippen molar-refractivity contribution >= 4 is 17.7 Å². The van der Waals surface area contributed by atoms with E-state index in [1.54, 1.807) is 12.1 Å². The van der Waals surface area contributed by atoms with E-state index >= 15 is 4.39 Å². The van der Waals surface area contributed by atoms with E-state index in [9.17, 15) is 14.4 Å². The number of nitrogens with zero attached hydrogens (tertiary/aromatic N) is 1. The summed E-state index contributed by atoms with van der Waals surface area (Å²) in [4.78, 5) is 38.0. The van der Waals surface area contributed by atoms with E-state index in [1.807, 2.05) is 0 Å². The maximum Gasteiger partial charge on any atom is 0.255 e. The number of carbonyl (C=O) groups is 3. The highest BCUT2D eigenvalue weighted by Crippen LogP contribution is 2.34. The van der Waals surface area contributed by atoms with Gasteiger partial charge in [0.1, 0.15) is 11.9 Å². The van der Waals surface area contributed by atoms with Gasteiger partial charge in [-0.15, -0.1) is 0 Å². The fraction of sp³-hybridized carbons (Fsp3) is 0.640. The van der Waals surface area contributed by atoms with Crippen LogP contribution in [0.3, 0.4) is 0 Å². The van der Waals surface area contributed by atoms with Crippen LogP contribution in [0.4, 0.5) is 4.39 Å². The van der Waals surface area contributed by atoms with Crippen molar-refractivity contribution < 1.29 is 18.8 Å². The van der Waals surface area contributed by atoms with Gasteiger partial charge in [-0.1, -0.05) is 31.7 Å². The molecule has 0 bridgehead atoms. The number of halogens is 1. The van der Waals surface area contributed by atoms with Crippen LogP contribution in [0, 0.1) is 11.7 Å². The average Bonchev–Trinajstić information content (AvgIpc) is 3.40. The molecule has 3 fully saturated rings. The Balaban J connectivity index is 1.32. The number of benzene rings is 1. The predicted molar refractivity (Wildman–Crippen MR) is 117 cm³/mol. The van der Waals surface area contributed by atoms with E-state index in [4.69, 9.17) is 0 Å². The van der Waals surface area contributed by atoms with E-state index in [2.05, 4.69) is 10.6 Å². The lowest BCUT2D eigenvalue weighted by atomic mass is 9.80. The molecule has 7 heteroatoms. The monoisotopic (exact) mass is 441 g/mol. The zero-order valence-electron chi connectivity index (χ0n) is 18.5. The van der Waals surface area contributed by atoms with Crippen LogP contribution in [0.2, 0.25) is 0 Å². The molecule has 3 atom stereocenters. The Morgan fingerprint density at radius 3 is 2.53 bits per heavy atom. The van der Waals surface area contributed by atoms with Crippen LogP contribution in [0.1, 0.15) is 85.7 Å². The lowest BCUT2D eigenvalue weighted by Crippen LogP contribution is -2.52. The standard InChI is InChI=1S/C25H32FN3O3/c26-23-16(13-15-5-1-4-8-20(15)27-17-6-2-3-7-17)9-10-18-19(23)14-29(25(18)32)21-11-12-22(30)28-24(21)31/h9-10,15,17,20-21,27H,1-8,11-14H2,(H,28,30,31)/t15-,20+,21?/m1/s1. The molecule has 1 unspecified atom stereocenters. The molecule has 32 heavy (non-hydrogen) atoms. The van der Waals surface area contributed by atoms with Gasteiger partial charge in [-0.05, 0) is 56.1 Å². The molecule has 1 aromatic rings. The van der Waals surface area contributed by atoms with Crippen molar-refractivity contribution in [3.05, 3.63) is 34.6 Å². The Hall–Kier alpha value is -2.28. The molecule has 4 aliphatic rings. The van der Waals surface area contributed by atoms with Crippen LogP contribution >= 0.6 is 0 Å². The minimum atomic E-state index is -0.714. The third-order valence-corrected chi connectivity index (χ3v) is 7.93. The van der Waals surface area contributed by atoms with Crippen molar-refractivity contribution in [2.75, 3.05) is 0 Å². The van der Waals surface area contributed by atoms with Crippen LogP contribution in [0.5, 0.6) is 0 Å². The Morgan fingerprint density at radius 1 is 1.00 bits per heavy atom. The Morgan fingerprint density at radius 2 is 1.75 bits per heavy atom. The summed E-state index contributed by atoms with van der Waals surface area (Å²) < 4.78 is 15.6. The fourth-order valence-electron chi connectivity index (χ4n) is 6.16. The molecular formula is C25H32FN3O3. The molecule has 6 nitrogen and oxygen atoms in total. The summed E-state index contributed by atoms with van der Waals surface area (Å²) in [7, 11) is 0. The van der Waals surface area contributed by atoms with Crippen molar-refractivity contribution in [1.82, 2.24) is 15.5 Å². The molecule has 2 aliphatic carbocycles. The summed E-state index contributed by atoms with van der Waals surface area (Å²) in [5, 5.41) is 6.16. The smallest absolute Gasteiger partial charge is 0.255 e. The fourth-order valence-corrected chi connectivity index (χ4v) is 6.16. The summed E-state index contributed by atoms with van der Waals surface area (Å²) >= 11 is 0. The van der Waals surface area contributed by atoms with Crippen LogP contribution in [-0.4, -0.2) is 40.7 Å². The van der Waals surface area contributed by atoms with Gasteiger partial charge in [0, 0.05) is 29.6 Å². The molecule has 1 aromatic carbocycles. The summed E-state index contributed by atoms with van der Waals surface area (Å²) in [6.45, 7) is 0.0918. The van der Waals surface area contributed by atoms with Gasteiger partial charge >= 0.3 is 0 Å². The zero-order valence-corrected chi connectivity index (χ0v) is 18.5. The number of carbonyl (C=O) groups excluding carboxylic acids is 3. The second-order valence-electron chi connectivity index (χ2n) is 9.97. The quantitative estimate of drug-likeness (QED) is 0.688. The third kappa shape index (κ3) is 4.07. The van der Waals surface area contributed by atoms with Crippen LogP contribution < -0.4 is 10.6 Å². The first-order chi connectivity index (χ1) is 15.5. The Labute approximate surface area is 188 Å². The minimum Gasteiger partial charge on any atom is -0.322 e. The van der Waals surface area contributed by atoms with Crippen LogP contribution in [0.25, 0.3) is 0 Å². The van der Waals surface area contributed by atoms with Gasteiger partial charge in [0.15, 0.2) is 0 Å². The molecule has 2 aliphatic heterocycles. The van der Waals surface area contributed by atoms with Gasteiger partial charge in [0.2, 0.25) is 11.8 Å². The van der Waals surface area contributed by atoms with Gasteiger partial charge in [0.05, 0.1) is 6.54 Å². The molecule has 3 amide bonds. The molecule has 0 spiro atoms. The SMILES string of the molecule is O=C1CCC(N2Cc3c(ccc(C[C@H]4CCCC[C@@H]4NC4CCCC4)c3F)C2=O)C(=O)N1. The van der Waals surface area contributed by atoms with Gasteiger partial charge in [-0.3, -0.25) is 19.7 Å². The first-order valence-corrected chi connectivity index (χ1v) is 12.2. The van der Waals surface area contributed by atoms with E-state index in [0.29, 0.717) is 41.1 Å². The Bertz CT molecular complexity index is 927. The first-order valence-electron chi connectivity index (χ1n) is 12.2. The molecule has 0 aromatic heterocycles. The number of fused-ring (bicyclic) bond motifs is 1. The number of hydrogen-bond donors (Lipinski definition) is 2. The topological polar surface area (TPSA) is 78.5 Å². The predicted octanol–water partition coefficient (Wildman–Crippen LogP) is 3.22. The molecule has 1 saturated heterocycles. The van der Waals surface area contributed by atoms with Crippen LogP contribution in [0.15, 0.2) is 12.1 Å². The average molecular weight is 442 g/mol. The van der Waals surface area contributed by atoms with E-state index in [1.165, 1.54) is 43.4 Å². The minimum absolute atomic E-state index is 0.0918. The second-order valence-corrected chi connectivity index (χ2v) is 9.97. The van der Waals surface area contributed by atoms with Gasteiger partial charge in [-0.25, -0.2) is 4.39 Å². The lowest BCUT2D eigenvalue weighted by Gasteiger charge is -2.34. The third-order valence-electron chi connectivity index (χ3n) is 7.93. The van der Waals surface area contributed by atoms with E-state index in [0.717, 1.165) is 12.8 Å². The zero-order chi connectivity index (χ0) is 22.2. The molecule has 0 radical (unpaired) electrons. The van der Waals surface area contributed by atoms with Crippen molar-refractivity contribution in [2.24, 2.45) is 5.92 Å². The summed E-state index contributed by atoms with van der Waals surface area (Å²) in [5.41, 5.74) is 1.42. The summed E-state index contributed by atoms with van der Waals surface area (Å²) in [6, 6.07) is 3.81. The highest BCUT2D eigenvalue weighted by molar-refractivity contribution is 6.05. The highest BCUT2D eigenvalue weighted by atomic mass is 19.1. The molecular weight excluding hydrogens is 409 g/mol. The summed E-state index contributed by atoms with van der Waals surface area (Å²) in [5.74, 6) is -1.00. The number of nitrogens with one attached hydrogen (secondary N) is 2. The molecule has 2 N–H and O–H groups in total. The maximum atomic E-state index is 15.6. The lowest BCUT2D eigenvalue weighted by molar-refractivity contribution is -0.136. The first kappa shape index (κ1) is 21.6. The van der Waals surface area contributed by atoms with E-state index in [-0.39, 0.29) is 37.0 Å². The highest BCUT2D eigenvalue weighted by Gasteiger charge is 2.40. The molecule has 5 rings (SSSR count). The number of rotatable bonds is 5. The molecule has 172 valence electrons. The molecule has 2 saturated carbocycles. The van der Waals surface area contributed by atoms with Crippen molar-refractivity contribution in [3.63, 3.8) is 0 Å². The van der Waals surface area contributed by atoms with Gasteiger partial charge < -0.3 is 10.2 Å². The molecule has 2 heterocycles. The largest absolute Gasteiger partial charge is 0.322 e. The number of piperidine rings is 1. The van der Waals surface area contributed by atoms with Crippen molar-refractivity contribution in [1.29, 1.82) is 0 Å². The van der Waals surface area contributed by atoms with Gasteiger partial charge in [-0.2, -0.15) is 0 Å². The van der Waals surface area contributed by atoms with Crippen molar-refractivity contribution in [2.45, 2.75) is 95.3 Å². The maximum absolute atomic E-state index is 15.6. The second kappa shape index (κ2) is 8.93. The number of amides is 3. The van der Waals surface area contributed by atoms with Gasteiger partial charge in [0.25, 0.3) is 5.91 Å². The normalized spacial score (nSPS) is 28.8.